The second-order valence-corrected chi connectivity index (χ2v) is 5.97. The van der Waals surface area contributed by atoms with Crippen LogP contribution in [0.15, 0.2) is 39.4 Å². The van der Waals surface area contributed by atoms with Crippen LogP contribution in [0.1, 0.15) is 25.3 Å². The van der Waals surface area contributed by atoms with Crippen LogP contribution in [0.2, 0.25) is 0 Å². The van der Waals surface area contributed by atoms with Gasteiger partial charge in [0.25, 0.3) is 0 Å². The minimum absolute atomic E-state index is 0.0132. The van der Waals surface area contributed by atoms with Crippen LogP contribution in [0, 0.1) is 17.1 Å². The van der Waals surface area contributed by atoms with Gasteiger partial charge in [-0.2, -0.15) is 5.26 Å². The van der Waals surface area contributed by atoms with Crippen molar-refractivity contribution in [2.24, 2.45) is 5.73 Å². The maximum atomic E-state index is 13.7. The normalized spacial score (nSPS) is 17.0. The van der Waals surface area contributed by atoms with E-state index in [4.69, 9.17) is 19.9 Å². The van der Waals surface area contributed by atoms with Gasteiger partial charge in [-0.1, -0.05) is 15.9 Å². The van der Waals surface area contributed by atoms with Crippen LogP contribution in [0.3, 0.4) is 0 Å². The molecule has 2 rings (SSSR count). The highest BCUT2D eigenvalue weighted by atomic mass is 79.9. The smallest absolute Gasteiger partial charge is 0.338 e. The van der Waals surface area contributed by atoms with Crippen molar-refractivity contribution in [1.29, 1.82) is 5.26 Å². The molecule has 1 unspecified atom stereocenters. The van der Waals surface area contributed by atoms with E-state index < -0.39 is 17.7 Å². The van der Waals surface area contributed by atoms with Gasteiger partial charge < -0.3 is 19.9 Å². The predicted molar refractivity (Wildman–Crippen MR) is 90.6 cm³/mol. The molecule has 0 saturated carbocycles. The van der Waals surface area contributed by atoms with Crippen molar-refractivity contribution in [3.8, 4) is 11.8 Å². The van der Waals surface area contributed by atoms with Crippen molar-refractivity contribution in [3.05, 3.63) is 50.8 Å². The fraction of sp³-hybridized carbons (Fsp3) is 0.294. The standard InChI is InChI=1S/C17H16BrFN2O4/c1-4-24-17(22)13-8(2)25-16(21)10(7-20)14(13)15-11(18)5-9(19)6-12(15)23-3/h5-6,14H,4,21H2,1-3H3. The molecule has 1 aromatic carbocycles. The maximum absolute atomic E-state index is 13.7. The van der Waals surface area contributed by atoms with Crippen LogP contribution < -0.4 is 10.5 Å². The highest BCUT2D eigenvalue weighted by molar-refractivity contribution is 9.10. The third-order valence-electron chi connectivity index (χ3n) is 3.67. The minimum atomic E-state index is -0.914. The lowest BCUT2D eigenvalue weighted by Gasteiger charge is -2.28. The number of rotatable bonds is 4. The Morgan fingerprint density at radius 3 is 2.76 bits per heavy atom. The Hall–Kier alpha value is -2.53. The molecular weight excluding hydrogens is 395 g/mol. The van der Waals surface area contributed by atoms with Gasteiger partial charge >= 0.3 is 5.97 Å². The molecule has 1 heterocycles. The number of nitrogens with zero attached hydrogens (tertiary/aromatic N) is 1. The van der Waals surface area contributed by atoms with Crippen molar-refractivity contribution in [1.82, 2.24) is 0 Å². The average molecular weight is 411 g/mol. The molecule has 6 nitrogen and oxygen atoms in total. The van der Waals surface area contributed by atoms with Crippen LogP contribution >= 0.6 is 15.9 Å². The van der Waals surface area contributed by atoms with Gasteiger partial charge in [0, 0.05) is 16.1 Å². The highest BCUT2D eigenvalue weighted by Crippen LogP contribution is 2.46. The number of nitriles is 1. The van der Waals surface area contributed by atoms with E-state index in [9.17, 15) is 14.4 Å². The van der Waals surface area contributed by atoms with Gasteiger partial charge in [-0.3, -0.25) is 0 Å². The molecule has 1 atom stereocenters. The summed E-state index contributed by atoms with van der Waals surface area (Å²) >= 11 is 3.28. The zero-order valence-corrected chi connectivity index (χ0v) is 15.4. The fourth-order valence-electron chi connectivity index (χ4n) is 2.65. The molecule has 0 saturated heterocycles. The van der Waals surface area contributed by atoms with E-state index in [-0.39, 0.29) is 35.1 Å². The zero-order chi connectivity index (χ0) is 18.7. The summed E-state index contributed by atoms with van der Waals surface area (Å²) in [6, 6.07) is 4.34. The summed E-state index contributed by atoms with van der Waals surface area (Å²) in [5.74, 6) is -1.86. The molecule has 0 spiro atoms. The van der Waals surface area contributed by atoms with E-state index in [1.807, 2.05) is 6.07 Å². The summed E-state index contributed by atoms with van der Waals surface area (Å²) in [6.45, 7) is 3.35. The lowest BCUT2D eigenvalue weighted by atomic mass is 9.82. The second-order valence-electron chi connectivity index (χ2n) is 5.12. The monoisotopic (exact) mass is 410 g/mol. The Morgan fingerprint density at radius 1 is 1.52 bits per heavy atom. The first-order valence-electron chi connectivity index (χ1n) is 7.34. The molecule has 0 bridgehead atoms. The van der Waals surface area contributed by atoms with E-state index in [0.717, 1.165) is 0 Å². The first kappa shape index (κ1) is 18.8. The van der Waals surface area contributed by atoms with E-state index in [0.29, 0.717) is 10.0 Å². The van der Waals surface area contributed by atoms with Crippen LogP contribution in [0.5, 0.6) is 5.75 Å². The van der Waals surface area contributed by atoms with Crippen molar-refractivity contribution in [2.75, 3.05) is 13.7 Å². The number of ether oxygens (including phenoxy) is 3. The van der Waals surface area contributed by atoms with E-state index >= 15 is 0 Å². The minimum Gasteiger partial charge on any atom is -0.496 e. The van der Waals surface area contributed by atoms with Crippen molar-refractivity contribution >= 4 is 21.9 Å². The van der Waals surface area contributed by atoms with E-state index in [1.54, 1.807) is 13.8 Å². The van der Waals surface area contributed by atoms with Gasteiger partial charge in [0.1, 0.15) is 29.0 Å². The highest BCUT2D eigenvalue weighted by Gasteiger charge is 2.39. The Kier molecular flexibility index (Phi) is 5.69. The van der Waals surface area contributed by atoms with Crippen LogP contribution in [-0.4, -0.2) is 19.7 Å². The quantitative estimate of drug-likeness (QED) is 0.765. The second kappa shape index (κ2) is 7.57. The summed E-state index contributed by atoms with van der Waals surface area (Å²) in [5, 5.41) is 9.55. The number of allylic oxidation sites excluding steroid dienone is 2. The summed E-state index contributed by atoms with van der Waals surface area (Å²) in [5.41, 5.74) is 6.34. The Bertz CT molecular complexity index is 827. The third kappa shape index (κ3) is 3.46. The van der Waals surface area contributed by atoms with Gasteiger partial charge in [0.2, 0.25) is 5.88 Å². The largest absolute Gasteiger partial charge is 0.496 e. The fourth-order valence-corrected chi connectivity index (χ4v) is 3.30. The van der Waals surface area contributed by atoms with Gasteiger partial charge in [-0.25, -0.2) is 9.18 Å². The van der Waals surface area contributed by atoms with Gasteiger partial charge in [0.05, 0.1) is 25.2 Å². The Balaban J connectivity index is 2.78. The first-order chi connectivity index (χ1) is 11.8. The summed E-state index contributed by atoms with van der Waals surface area (Å²) in [4.78, 5) is 12.5. The average Bonchev–Trinajstić information content (AvgIpc) is 2.53. The summed E-state index contributed by atoms with van der Waals surface area (Å²) < 4.78 is 29.7. The molecule has 0 aliphatic carbocycles. The number of hydrogen-bond donors (Lipinski definition) is 1. The maximum Gasteiger partial charge on any atom is 0.338 e. The van der Waals surface area contributed by atoms with Crippen molar-refractivity contribution in [2.45, 2.75) is 19.8 Å². The van der Waals surface area contributed by atoms with Crippen LogP contribution in [0.25, 0.3) is 0 Å². The molecule has 1 aromatic rings. The van der Waals surface area contributed by atoms with Crippen LogP contribution in [0.4, 0.5) is 4.39 Å². The summed E-state index contributed by atoms with van der Waals surface area (Å²) in [7, 11) is 1.36. The number of carbonyl (C=O) groups is 1. The molecule has 1 aliphatic rings. The van der Waals surface area contributed by atoms with Gasteiger partial charge in [0.15, 0.2) is 0 Å². The predicted octanol–water partition coefficient (Wildman–Crippen LogP) is 3.24. The molecule has 25 heavy (non-hydrogen) atoms. The van der Waals surface area contributed by atoms with Gasteiger partial charge in [-0.15, -0.1) is 0 Å². The Labute approximate surface area is 152 Å². The van der Waals surface area contributed by atoms with Crippen molar-refractivity contribution < 1.29 is 23.4 Å². The Morgan fingerprint density at radius 2 is 2.20 bits per heavy atom. The molecule has 8 heteroatoms. The number of methoxy groups -OCH3 is 1. The number of nitrogens with two attached hydrogens (primary N) is 1. The summed E-state index contributed by atoms with van der Waals surface area (Å²) in [6.07, 6.45) is 0. The van der Waals surface area contributed by atoms with Crippen LogP contribution in [-0.2, 0) is 14.3 Å². The molecule has 0 fully saturated rings. The molecule has 0 radical (unpaired) electrons. The third-order valence-corrected chi connectivity index (χ3v) is 4.32. The zero-order valence-electron chi connectivity index (χ0n) is 13.9. The number of halogens is 2. The van der Waals surface area contributed by atoms with Crippen molar-refractivity contribution in [3.63, 3.8) is 0 Å². The number of carbonyl (C=O) groups excluding carboxylic acids is 1. The number of benzene rings is 1. The molecule has 2 N–H and O–H groups in total. The lowest BCUT2D eigenvalue weighted by molar-refractivity contribution is -0.139. The number of hydrogen-bond acceptors (Lipinski definition) is 6. The number of esters is 1. The molecule has 0 amide bonds. The molecule has 0 aromatic heterocycles. The van der Waals surface area contributed by atoms with E-state index in [1.165, 1.54) is 19.2 Å². The molecule has 1 aliphatic heterocycles. The lowest BCUT2D eigenvalue weighted by Crippen LogP contribution is -2.26. The van der Waals surface area contributed by atoms with Gasteiger partial charge in [-0.05, 0) is 19.9 Å². The molecule has 132 valence electrons. The SMILES string of the molecule is CCOC(=O)C1=C(C)OC(N)=C(C#N)C1c1c(Br)cc(F)cc1OC. The van der Waals surface area contributed by atoms with E-state index in [2.05, 4.69) is 15.9 Å². The topological polar surface area (TPSA) is 94.6 Å². The molecular formula is C17H16BrFN2O4. The first-order valence-corrected chi connectivity index (χ1v) is 8.13.